The van der Waals surface area contributed by atoms with Crippen molar-refractivity contribution in [2.45, 2.75) is 97.2 Å². The average Bonchev–Trinajstić information content (AvgIpc) is 2.86. The van der Waals surface area contributed by atoms with Gasteiger partial charge < -0.3 is 15.3 Å². The van der Waals surface area contributed by atoms with Crippen LogP contribution in [0, 0.1) is 17.3 Å². The fourth-order valence-electron chi connectivity index (χ4n) is 3.86. The predicted octanol–water partition coefficient (Wildman–Crippen LogP) is 4.11. The first kappa shape index (κ1) is 23.8. The van der Waals surface area contributed by atoms with Gasteiger partial charge in [0.25, 0.3) is 0 Å². The molecule has 0 radical (unpaired) electrons. The van der Waals surface area contributed by atoms with Crippen LogP contribution in [0.15, 0.2) is 12.2 Å². The van der Waals surface area contributed by atoms with E-state index in [1.165, 1.54) is 0 Å². The van der Waals surface area contributed by atoms with Crippen LogP contribution in [0.2, 0.25) is 0 Å². The van der Waals surface area contributed by atoms with E-state index < -0.39 is 18.2 Å². The van der Waals surface area contributed by atoms with E-state index in [-0.39, 0.29) is 35.9 Å². The zero-order valence-corrected chi connectivity index (χ0v) is 17.2. The van der Waals surface area contributed by atoms with Crippen molar-refractivity contribution in [1.82, 2.24) is 0 Å². The van der Waals surface area contributed by atoms with Gasteiger partial charge in [-0.15, -0.1) is 0 Å². The van der Waals surface area contributed by atoms with Crippen LogP contribution in [0.3, 0.4) is 0 Å². The van der Waals surface area contributed by atoms with Gasteiger partial charge >= 0.3 is 5.97 Å². The molecule has 1 fully saturated rings. The minimum atomic E-state index is -0.769. The van der Waals surface area contributed by atoms with Crippen LogP contribution in [-0.2, 0) is 9.59 Å². The number of rotatable bonds is 13. The number of ketones is 1. The number of aliphatic hydroxyl groups excluding tert-OH is 2. The molecule has 0 unspecified atom stereocenters. The van der Waals surface area contributed by atoms with Gasteiger partial charge in [-0.3, -0.25) is 9.59 Å². The van der Waals surface area contributed by atoms with Crippen molar-refractivity contribution in [1.29, 1.82) is 0 Å². The summed E-state index contributed by atoms with van der Waals surface area (Å²) in [5, 5.41) is 29.4. The van der Waals surface area contributed by atoms with Crippen molar-refractivity contribution in [3.8, 4) is 0 Å². The second-order valence-electron chi connectivity index (χ2n) is 8.69. The molecule has 5 nitrogen and oxygen atoms in total. The van der Waals surface area contributed by atoms with E-state index in [1.807, 2.05) is 19.9 Å². The van der Waals surface area contributed by atoms with Crippen molar-refractivity contribution in [2.24, 2.45) is 17.3 Å². The summed E-state index contributed by atoms with van der Waals surface area (Å²) in [7, 11) is 0. The van der Waals surface area contributed by atoms with Crippen molar-refractivity contribution >= 4 is 11.8 Å². The Labute approximate surface area is 163 Å². The van der Waals surface area contributed by atoms with Crippen LogP contribution in [0.25, 0.3) is 0 Å². The number of carbonyl (C=O) groups is 2. The molecular weight excluding hydrogens is 344 g/mol. The minimum Gasteiger partial charge on any atom is -0.481 e. The molecule has 0 heterocycles. The smallest absolute Gasteiger partial charge is 0.303 e. The summed E-state index contributed by atoms with van der Waals surface area (Å²) >= 11 is 0. The maximum Gasteiger partial charge on any atom is 0.303 e. The summed E-state index contributed by atoms with van der Waals surface area (Å²) in [6.45, 7) is 6.22. The maximum absolute atomic E-state index is 12.3. The van der Waals surface area contributed by atoms with Crippen LogP contribution in [0.4, 0.5) is 0 Å². The molecule has 0 aromatic rings. The third-order valence-electron chi connectivity index (χ3n) is 5.88. The first-order valence-electron chi connectivity index (χ1n) is 10.5. The highest BCUT2D eigenvalue weighted by Crippen LogP contribution is 2.35. The van der Waals surface area contributed by atoms with Gasteiger partial charge in [-0.05, 0) is 24.7 Å². The summed E-state index contributed by atoms with van der Waals surface area (Å²) < 4.78 is 0. The summed E-state index contributed by atoms with van der Waals surface area (Å²) in [5.74, 6) is -1.09. The van der Waals surface area contributed by atoms with Crippen LogP contribution < -0.4 is 0 Å². The number of hydrogen-bond donors (Lipinski definition) is 3. The van der Waals surface area contributed by atoms with Gasteiger partial charge in [0, 0.05) is 24.7 Å². The molecule has 4 atom stereocenters. The fourth-order valence-corrected chi connectivity index (χ4v) is 3.86. The number of aliphatic carboxylic acids is 1. The molecular formula is C22H38O5. The number of Topliss-reactive ketones (excluding diaryl/α,β-unsaturated/α-hetero) is 1. The Balaban J connectivity index is 2.55. The Morgan fingerprint density at radius 1 is 1.22 bits per heavy atom. The van der Waals surface area contributed by atoms with Gasteiger partial charge in [0.2, 0.25) is 0 Å². The second kappa shape index (κ2) is 11.6. The molecule has 0 spiro atoms. The van der Waals surface area contributed by atoms with Gasteiger partial charge in [-0.25, -0.2) is 0 Å². The standard InChI is InChI=1S/C22H38O5/c1-4-5-14-22(2,3)20(25)13-12-17-16(18(23)15-19(17)24)10-8-6-7-9-11-21(26)27/h12-13,16-17,19-20,24-25H,4-11,14-15H2,1-3H3,(H,26,27)/b13-12+/t16-,17-,19-,20-/m1/s1. The summed E-state index contributed by atoms with van der Waals surface area (Å²) in [4.78, 5) is 22.8. The predicted molar refractivity (Wildman–Crippen MR) is 106 cm³/mol. The minimum absolute atomic E-state index is 0.0995. The molecule has 1 aliphatic carbocycles. The van der Waals surface area contributed by atoms with E-state index in [2.05, 4.69) is 6.92 Å². The first-order valence-corrected chi connectivity index (χ1v) is 10.5. The lowest BCUT2D eigenvalue weighted by atomic mass is 9.80. The summed E-state index contributed by atoms with van der Waals surface area (Å²) in [5.41, 5.74) is -0.223. The highest BCUT2D eigenvalue weighted by Gasteiger charge is 2.39. The summed E-state index contributed by atoms with van der Waals surface area (Å²) in [6, 6.07) is 0. The second-order valence-corrected chi connectivity index (χ2v) is 8.69. The molecule has 5 heteroatoms. The van der Waals surface area contributed by atoms with Crippen LogP contribution in [0.5, 0.6) is 0 Å². The number of carboxylic acids is 1. The molecule has 0 aliphatic heterocycles. The van der Waals surface area contributed by atoms with E-state index in [1.54, 1.807) is 6.08 Å². The average molecular weight is 383 g/mol. The van der Waals surface area contributed by atoms with E-state index in [0.717, 1.165) is 38.5 Å². The molecule has 1 rings (SSSR count). The van der Waals surface area contributed by atoms with Crippen LogP contribution in [-0.4, -0.2) is 39.3 Å². The molecule has 1 aliphatic rings. The molecule has 0 aromatic carbocycles. The zero-order chi connectivity index (χ0) is 20.4. The Morgan fingerprint density at radius 3 is 2.52 bits per heavy atom. The summed E-state index contributed by atoms with van der Waals surface area (Å²) in [6.07, 6.45) is 9.80. The lowest BCUT2D eigenvalue weighted by Crippen LogP contribution is -2.28. The number of aliphatic hydroxyl groups is 2. The number of carbonyl (C=O) groups excluding carboxylic acids is 1. The highest BCUT2D eigenvalue weighted by molar-refractivity contribution is 5.84. The maximum atomic E-state index is 12.3. The molecule has 1 saturated carbocycles. The van der Waals surface area contributed by atoms with Gasteiger partial charge in [0.1, 0.15) is 5.78 Å². The van der Waals surface area contributed by atoms with Crippen LogP contribution in [0.1, 0.15) is 85.0 Å². The normalized spacial score (nSPS) is 24.6. The molecule has 27 heavy (non-hydrogen) atoms. The van der Waals surface area contributed by atoms with E-state index in [4.69, 9.17) is 5.11 Å². The largest absolute Gasteiger partial charge is 0.481 e. The monoisotopic (exact) mass is 382 g/mol. The molecule has 0 aromatic heterocycles. The van der Waals surface area contributed by atoms with Crippen molar-refractivity contribution in [2.75, 3.05) is 0 Å². The molecule has 0 bridgehead atoms. The van der Waals surface area contributed by atoms with Gasteiger partial charge in [-0.1, -0.05) is 65.0 Å². The Bertz CT molecular complexity index is 497. The SMILES string of the molecule is CCCCC(C)(C)[C@H](O)/C=C/[C@H]1[C@H](O)CC(=O)[C@@H]1CCCCCCC(=O)O. The van der Waals surface area contributed by atoms with Crippen molar-refractivity contribution in [3.05, 3.63) is 12.2 Å². The van der Waals surface area contributed by atoms with E-state index in [0.29, 0.717) is 12.8 Å². The van der Waals surface area contributed by atoms with E-state index >= 15 is 0 Å². The fraction of sp³-hybridized carbons (Fsp3) is 0.818. The number of unbranched alkanes of at least 4 members (excludes halogenated alkanes) is 4. The third kappa shape index (κ3) is 8.14. The van der Waals surface area contributed by atoms with E-state index in [9.17, 15) is 19.8 Å². The lowest BCUT2D eigenvalue weighted by molar-refractivity contribution is -0.137. The van der Waals surface area contributed by atoms with Crippen molar-refractivity contribution < 1.29 is 24.9 Å². The quantitative estimate of drug-likeness (QED) is 0.329. The van der Waals surface area contributed by atoms with Crippen LogP contribution >= 0.6 is 0 Å². The first-order chi connectivity index (χ1) is 12.7. The van der Waals surface area contributed by atoms with Crippen molar-refractivity contribution in [3.63, 3.8) is 0 Å². The highest BCUT2D eigenvalue weighted by atomic mass is 16.4. The molecule has 0 amide bonds. The third-order valence-corrected chi connectivity index (χ3v) is 5.88. The topological polar surface area (TPSA) is 94.8 Å². The van der Waals surface area contributed by atoms with Gasteiger partial charge in [-0.2, -0.15) is 0 Å². The Hall–Kier alpha value is -1.20. The number of hydrogen-bond acceptors (Lipinski definition) is 4. The molecule has 3 N–H and O–H groups in total. The lowest BCUT2D eigenvalue weighted by Gasteiger charge is -2.29. The Kier molecular flexibility index (Phi) is 10.2. The molecule has 156 valence electrons. The molecule has 0 saturated heterocycles. The van der Waals surface area contributed by atoms with Gasteiger partial charge in [0.15, 0.2) is 0 Å². The Morgan fingerprint density at radius 2 is 1.89 bits per heavy atom. The van der Waals surface area contributed by atoms with Gasteiger partial charge in [0.05, 0.1) is 12.2 Å². The number of carboxylic acid groups (broad SMARTS) is 1. The zero-order valence-electron chi connectivity index (χ0n) is 17.2.